The summed E-state index contributed by atoms with van der Waals surface area (Å²) < 4.78 is 6.34. The fourth-order valence-corrected chi connectivity index (χ4v) is 3.05. The van der Waals surface area contributed by atoms with E-state index in [0.29, 0.717) is 13.0 Å². The van der Waals surface area contributed by atoms with Crippen molar-refractivity contribution in [3.8, 4) is 0 Å². The topological polar surface area (TPSA) is 66.8 Å². The van der Waals surface area contributed by atoms with Crippen LogP contribution in [0.15, 0.2) is 28.7 Å². The summed E-state index contributed by atoms with van der Waals surface area (Å²) in [4.78, 5) is 25.1. The quantitative estimate of drug-likeness (QED) is 0.863. The molecule has 2 rings (SSSR count). The SMILES string of the molecule is CC(C)(C)OC(=O)N1CC(Cc2ccc(Br)cc2)C[C@@H]1C(=O)O. The van der Waals surface area contributed by atoms with Crippen LogP contribution in [0.2, 0.25) is 0 Å². The normalized spacial score (nSPS) is 21.3. The monoisotopic (exact) mass is 383 g/mol. The Bertz CT molecular complexity index is 579. The fourth-order valence-electron chi connectivity index (χ4n) is 2.78. The van der Waals surface area contributed by atoms with E-state index in [2.05, 4.69) is 15.9 Å². The van der Waals surface area contributed by atoms with Crippen LogP contribution in [0.5, 0.6) is 0 Å². The van der Waals surface area contributed by atoms with Crippen molar-refractivity contribution in [1.82, 2.24) is 4.90 Å². The number of amides is 1. The highest BCUT2D eigenvalue weighted by Gasteiger charge is 2.41. The molecule has 1 saturated heterocycles. The minimum atomic E-state index is -0.978. The number of aliphatic carboxylic acids is 1. The predicted molar refractivity (Wildman–Crippen MR) is 90.3 cm³/mol. The first-order valence-corrected chi connectivity index (χ1v) is 8.42. The second-order valence-electron chi connectivity index (χ2n) is 6.92. The Labute approximate surface area is 144 Å². The standard InChI is InChI=1S/C17H22BrNO4/c1-17(2,3)23-16(22)19-10-12(9-14(19)15(20)21)8-11-4-6-13(18)7-5-11/h4-7,12,14H,8-10H2,1-3H3,(H,20,21)/t12?,14-/m1/s1. The molecule has 23 heavy (non-hydrogen) atoms. The third-order valence-corrected chi connectivity index (χ3v) is 4.27. The van der Waals surface area contributed by atoms with Gasteiger partial charge >= 0.3 is 12.1 Å². The molecule has 1 unspecified atom stereocenters. The van der Waals surface area contributed by atoms with Gasteiger partial charge in [-0.25, -0.2) is 9.59 Å². The van der Waals surface area contributed by atoms with E-state index in [1.807, 2.05) is 24.3 Å². The summed E-state index contributed by atoms with van der Waals surface area (Å²) in [7, 11) is 0. The van der Waals surface area contributed by atoms with Crippen molar-refractivity contribution in [2.75, 3.05) is 6.54 Å². The molecule has 0 saturated carbocycles. The van der Waals surface area contributed by atoms with Gasteiger partial charge in [0.25, 0.3) is 0 Å². The lowest BCUT2D eigenvalue weighted by Gasteiger charge is -2.26. The van der Waals surface area contributed by atoms with Crippen molar-refractivity contribution in [2.45, 2.75) is 45.3 Å². The number of benzene rings is 1. The van der Waals surface area contributed by atoms with Crippen molar-refractivity contribution < 1.29 is 19.4 Å². The van der Waals surface area contributed by atoms with Gasteiger partial charge in [0.2, 0.25) is 0 Å². The number of carboxylic acids is 1. The summed E-state index contributed by atoms with van der Waals surface area (Å²) in [5.74, 6) is -0.862. The van der Waals surface area contributed by atoms with Gasteiger partial charge in [-0.3, -0.25) is 4.90 Å². The van der Waals surface area contributed by atoms with Crippen molar-refractivity contribution in [3.05, 3.63) is 34.3 Å². The zero-order valence-electron chi connectivity index (χ0n) is 13.6. The van der Waals surface area contributed by atoms with Gasteiger partial charge in [0, 0.05) is 11.0 Å². The van der Waals surface area contributed by atoms with Gasteiger partial charge < -0.3 is 9.84 Å². The Kier molecular flexibility index (Phi) is 5.34. The van der Waals surface area contributed by atoms with E-state index in [4.69, 9.17) is 4.74 Å². The molecule has 0 bridgehead atoms. The van der Waals surface area contributed by atoms with Gasteiger partial charge in [-0.15, -0.1) is 0 Å². The molecule has 5 nitrogen and oxygen atoms in total. The van der Waals surface area contributed by atoms with Gasteiger partial charge in [0.05, 0.1) is 0 Å². The lowest BCUT2D eigenvalue weighted by atomic mass is 9.97. The van der Waals surface area contributed by atoms with Crippen LogP contribution in [0.1, 0.15) is 32.8 Å². The van der Waals surface area contributed by atoms with Crippen LogP contribution in [0, 0.1) is 5.92 Å². The van der Waals surface area contributed by atoms with Crippen LogP contribution in [-0.4, -0.2) is 40.3 Å². The molecule has 1 aromatic rings. The largest absolute Gasteiger partial charge is 0.480 e. The molecule has 1 heterocycles. The molecule has 1 aliphatic heterocycles. The van der Waals surface area contributed by atoms with Crippen LogP contribution >= 0.6 is 15.9 Å². The zero-order valence-corrected chi connectivity index (χ0v) is 15.2. The molecule has 0 aliphatic carbocycles. The summed E-state index contributed by atoms with van der Waals surface area (Å²) in [6.45, 7) is 5.73. The highest BCUT2D eigenvalue weighted by atomic mass is 79.9. The number of carbonyl (C=O) groups is 2. The maximum absolute atomic E-state index is 12.3. The smallest absolute Gasteiger partial charge is 0.411 e. The van der Waals surface area contributed by atoms with Crippen LogP contribution in [0.3, 0.4) is 0 Å². The average molecular weight is 384 g/mol. The molecule has 1 N–H and O–H groups in total. The number of ether oxygens (including phenoxy) is 1. The molecule has 1 aliphatic rings. The van der Waals surface area contributed by atoms with E-state index in [0.717, 1.165) is 16.5 Å². The second-order valence-corrected chi connectivity index (χ2v) is 7.83. The van der Waals surface area contributed by atoms with E-state index in [1.165, 1.54) is 4.90 Å². The number of carbonyl (C=O) groups excluding carboxylic acids is 1. The Hall–Kier alpha value is -1.56. The molecule has 1 fully saturated rings. The number of nitrogens with zero attached hydrogens (tertiary/aromatic N) is 1. The van der Waals surface area contributed by atoms with Crippen molar-refractivity contribution in [2.24, 2.45) is 5.92 Å². The van der Waals surface area contributed by atoms with Crippen molar-refractivity contribution in [1.29, 1.82) is 0 Å². The molecule has 0 spiro atoms. The van der Waals surface area contributed by atoms with Gasteiger partial charge in [-0.2, -0.15) is 0 Å². The van der Waals surface area contributed by atoms with Crippen molar-refractivity contribution in [3.63, 3.8) is 0 Å². The molecule has 1 amide bonds. The Morgan fingerprint density at radius 3 is 2.43 bits per heavy atom. The number of rotatable bonds is 3. The molecule has 1 aromatic carbocycles. The molecular formula is C17H22BrNO4. The molecular weight excluding hydrogens is 362 g/mol. The fraction of sp³-hybridized carbons (Fsp3) is 0.529. The van der Waals surface area contributed by atoms with Crippen molar-refractivity contribution >= 4 is 28.0 Å². The maximum Gasteiger partial charge on any atom is 0.411 e. The molecule has 0 aromatic heterocycles. The van der Waals surface area contributed by atoms with E-state index in [9.17, 15) is 14.7 Å². The predicted octanol–water partition coefficient (Wildman–Crippen LogP) is 3.70. The first-order chi connectivity index (χ1) is 10.7. The van der Waals surface area contributed by atoms with Gasteiger partial charge in [-0.1, -0.05) is 28.1 Å². The first-order valence-electron chi connectivity index (χ1n) is 7.62. The van der Waals surface area contributed by atoms with Gasteiger partial charge in [-0.05, 0) is 57.2 Å². The number of carboxylic acid groups (broad SMARTS) is 1. The first kappa shape index (κ1) is 17.8. The minimum absolute atomic E-state index is 0.116. The second kappa shape index (κ2) is 6.91. The third kappa shape index (κ3) is 4.96. The zero-order chi connectivity index (χ0) is 17.2. The number of hydrogen-bond donors (Lipinski definition) is 1. The molecule has 6 heteroatoms. The van der Waals surface area contributed by atoms with E-state index >= 15 is 0 Å². The number of hydrogen-bond acceptors (Lipinski definition) is 3. The van der Waals surface area contributed by atoms with E-state index in [-0.39, 0.29) is 5.92 Å². The molecule has 0 radical (unpaired) electrons. The molecule has 126 valence electrons. The summed E-state index contributed by atoms with van der Waals surface area (Å²) >= 11 is 3.40. The maximum atomic E-state index is 12.3. The van der Waals surface area contributed by atoms with E-state index < -0.39 is 23.7 Å². The summed E-state index contributed by atoms with van der Waals surface area (Å²) in [5, 5.41) is 9.40. The summed E-state index contributed by atoms with van der Waals surface area (Å²) in [6.07, 6.45) is 0.643. The van der Waals surface area contributed by atoms with Gasteiger partial charge in [0.15, 0.2) is 0 Å². The summed E-state index contributed by atoms with van der Waals surface area (Å²) in [6, 6.07) is 7.13. The lowest BCUT2D eigenvalue weighted by molar-refractivity contribution is -0.142. The summed E-state index contributed by atoms with van der Waals surface area (Å²) in [5.41, 5.74) is 0.498. The number of halogens is 1. The van der Waals surface area contributed by atoms with Gasteiger partial charge in [0.1, 0.15) is 11.6 Å². The van der Waals surface area contributed by atoms with Crippen LogP contribution in [-0.2, 0) is 16.0 Å². The molecule has 2 atom stereocenters. The third-order valence-electron chi connectivity index (χ3n) is 3.74. The highest BCUT2D eigenvalue weighted by molar-refractivity contribution is 9.10. The minimum Gasteiger partial charge on any atom is -0.480 e. The lowest BCUT2D eigenvalue weighted by Crippen LogP contribution is -2.43. The Balaban J connectivity index is 2.06. The number of likely N-dealkylation sites (tertiary alicyclic amines) is 1. The Morgan fingerprint density at radius 1 is 1.30 bits per heavy atom. The Morgan fingerprint density at radius 2 is 1.91 bits per heavy atom. The average Bonchev–Trinajstić information content (AvgIpc) is 2.84. The van der Waals surface area contributed by atoms with E-state index in [1.54, 1.807) is 20.8 Å². The van der Waals surface area contributed by atoms with Crippen LogP contribution in [0.25, 0.3) is 0 Å². The van der Waals surface area contributed by atoms with Crippen LogP contribution < -0.4 is 0 Å². The highest BCUT2D eigenvalue weighted by Crippen LogP contribution is 2.28. The van der Waals surface area contributed by atoms with Crippen LogP contribution in [0.4, 0.5) is 4.79 Å².